The first-order chi connectivity index (χ1) is 14.0. The zero-order valence-electron chi connectivity index (χ0n) is 15.8. The topological polar surface area (TPSA) is 110 Å². The van der Waals surface area contributed by atoms with Gasteiger partial charge in [-0.15, -0.1) is 13.2 Å². The lowest BCUT2D eigenvalue weighted by Gasteiger charge is -2.27. The van der Waals surface area contributed by atoms with Crippen LogP contribution in [0.3, 0.4) is 0 Å². The summed E-state index contributed by atoms with van der Waals surface area (Å²) >= 11 is 0. The average molecular weight is 419 g/mol. The second-order valence-corrected chi connectivity index (χ2v) is 6.70. The summed E-state index contributed by atoms with van der Waals surface area (Å²) in [6.07, 6.45) is -1.87. The van der Waals surface area contributed by atoms with Crippen molar-refractivity contribution in [2.24, 2.45) is 0 Å². The molecule has 8 nitrogen and oxygen atoms in total. The summed E-state index contributed by atoms with van der Waals surface area (Å²) in [5, 5.41) is 2.70. The zero-order chi connectivity index (χ0) is 21.9. The predicted molar refractivity (Wildman–Crippen MR) is 99.5 cm³/mol. The van der Waals surface area contributed by atoms with E-state index in [0.717, 1.165) is 18.2 Å². The molecule has 0 aliphatic carbocycles. The summed E-state index contributed by atoms with van der Waals surface area (Å²) in [5.41, 5.74) is -1.20. The third-order valence-electron chi connectivity index (χ3n) is 3.99. The average Bonchev–Trinajstić information content (AvgIpc) is 2.67. The first-order valence-corrected chi connectivity index (χ1v) is 8.61. The molecule has 30 heavy (non-hydrogen) atoms. The Hall–Kier alpha value is -3.76. The van der Waals surface area contributed by atoms with E-state index in [9.17, 15) is 22.8 Å². The van der Waals surface area contributed by atoms with E-state index < -0.39 is 23.4 Å². The molecule has 2 aromatic heterocycles. The molecule has 0 saturated carbocycles. The van der Waals surface area contributed by atoms with E-state index in [1.54, 1.807) is 19.9 Å². The number of rotatable bonds is 5. The molecule has 11 heteroatoms. The molecule has 0 saturated heterocycles. The number of nitrogens with one attached hydrogen (secondary N) is 2. The van der Waals surface area contributed by atoms with Crippen molar-refractivity contribution in [3.63, 3.8) is 0 Å². The highest BCUT2D eigenvalue weighted by Crippen LogP contribution is 2.26. The second-order valence-electron chi connectivity index (χ2n) is 6.70. The Morgan fingerprint density at radius 3 is 2.33 bits per heavy atom. The third-order valence-corrected chi connectivity index (χ3v) is 3.99. The highest BCUT2D eigenvalue weighted by Gasteiger charge is 2.31. The van der Waals surface area contributed by atoms with Crippen LogP contribution in [0.15, 0.2) is 53.6 Å². The van der Waals surface area contributed by atoms with Crippen molar-refractivity contribution < 1.29 is 22.7 Å². The molecule has 2 heterocycles. The summed E-state index contributed by atoms with van der Waals surface area (Å²) in [6, 6.07) is 7.70. The van der Waals surface area contributed by atoms with Crippen molar-refractivity contribution in [2.45, 2.75) is 25.7 Å². The lowest BCUT2D eigenvalue weighted by atomic mass is 9.94. The molecule has 156 valence electrons. The Balaban J connectivity index is 1.81. The van der Waals surface area contributed by atoms with Gasteiger partial charge in [0.15, 0.2) is 11.6 Å². The minimum absolute atomic E-state index is 0.0275. The molecule has 3 rings (SSSR count). The van der Waals surface area contributed by atoms with E-state index >= 15 is 0 Å². The maximum atomic E-state index is 12.7. The first kappa shape index (κ1) is 21.0. The van der Waals surface area contributed by atoms with Gasteiger partial charge in [0.1, 0.15) is 11.4 Å². The van der Waals surface area contributed by atoms with Crippen LogP contribution in [-0.4, -0.2) is 32.2 Å². The van der Waals surface area contributed by atoms with Crippen molar-refractivity contribution in [3.8, 4) is 17.4 Å². The second kappa shape index (κ2) is 7.93. The van der Waals surface area contributed by atoms with Gasteiger partial charge in [0, 0.05) is 18.5 Å². The van der Waals surface area contributed by atoms with Crippen LogP contribution < -0.4 is 15.6 Å². The van der Waals surface area contributed by atoms with E-state index in [1.807, 2.05) is 0 Å². The number of amides is 1. The van der Waals surface area contributed by atoms with Crippen LogP contribution in [0.2, 0.25) is 0 Å². The number of hydrogen-bond donors (Lipinski definition) is 2. The minimum Gasteiger partial charge on any atom is -0.406 e. The number of ether oxygens (including phenoxy) is 1. The van der Waals surface area contributed by atoms with E-state index in [0.29, 0.717) is 5.56 Å². The molecule has 1 amide bonds. The van der Waals surface area contributed by atoms with Gasteiger partial charge in [-0.05, 0) is 37.6 Å². The fourth-order valence-corrected chi connectivity index (χ4v) is 2.59. The maximum Gasteiger partial charge on any atom is 0.573 e. The number of benzene rings is 1. The molecule has 1 aromatic carbocycles. The number of halogens is 3. The predicted octanol–water partition coefficient (Wildman–Crippen LogP) is 2.79. The fourth-order valence-electron chi connectivity index (χ4n) is 2.59. The Labute approximate surface area is 168 Å². The normalized spacial score (nSPS) is 11.8. The lowest BCUT2D eigenvalue weighted by molar-refractivity contribution is -0.274. The van der Waals surface area contributed by atoms with Gasteiger partial charge in [0.05, 0.1) is 5.54 Å². The molecular formula is C19H16F3N5O3. The van der Waals surface area contributed by atoms with Crippen LogP contribution in [-0.2, 0) is 5.54 Å². The number of aromatic nitrogens is 4. The molecule has 0 fully saturated rings. The maximum absolute atomic E-state index is 12.7. The summed E-state index contributed by atoms with van der Waals surface area (Å²) in [6.45, 7) is 3.30. The monoisotopic (exact) mass is 419 g/mol. The number of carbonyl (C=O) groups excluding carboxylic acids is 1. The number of alkyl halides is 3. The van der Waals surface area contributed by atoms with Gasteiger partial charge >= 0.3 is 6.36 Å². The number of hydrogen-bond acceptors (Lipinski definition) is 6. The highest BCUT2D eigenvalue weighted by atomic mass is 19.4. The SMILES string of the molecule is CC(C)(NC(=O)c1cc(=O)[nH]c(-c2ncccn2)n1)c1ccc(OC(F)(F)F)cc1. The first-order valence-electron chi connectivity index (χ1n) is 8.61. The standard InChI is InChI=1S/C19H16F3N5O3/c1-18(2,11-4-6-12(7-5-11)30-19(20,21)22)27-17(29)13-10-14(28)26-16(25-13)15-23-8-3-9-24-15/h3-10H,1-2H3,(H,27,29)(H,25,26,28). The van der Waals surface area contributed by atoms with Crippen molar-refractivity contribution in [1.29, 1.82) is 0 Å². The van der Waals surface area contributed by atoms with Crippen LogP contribution in [0.4, 0.5) is 13.2 Å². The molecule has 0 spiro atoms. The molecule has 0 bridgehead atoms. The molecule has 3 aromatic rings. The van der Waals surface area contributed by atoms with E-state index in [-0.39, 0.29) is 23.1 Å². The Morgan fingerprint density at radius 1 is 1.10 bits per heavy atom. The summed E-state index contributed by atoms with van der Waals surface area (Å²) in [7, 11) is 0. The van der Waals surface area contributed by atoms with Gasteiger partial charge in [-0.25, -0.2) is 15.0 Å². The van der Waals surface area contributed by atoms with Gasteiger partial charge in [0.2, 0.25) is 0 Å². The van der Waals surface area contributed by atoms with E-state index in [2.05, 4.69) is 30.0 Å². The van der Waals surface area contributed by atoms with E-state index in [4.69, 9.17) is 0 Å². The van der Waals surface area contributed by atoms with Crippen LogP contribution in [0, 0.1) is 0 Å². The Morgan fingerprint density at radius 2 is 1.73 bits per heavy atom. The summed E-state index contributed by atoms with van der Waals surface area (Å²) in [5.74, 6) is -0.862. The van der Waals surface area contributed by atoms with Crippen molar-refractivity contribution in [3.05, 3.63) is 70.4 Å². The largest absolute Gasteiger partial charge is 0.573 e. The van der Waals surface area contributed by atoms with Crippen LogP contribution in [0.1, 0.15) is 29.9 Å². The van der Waals surface area contributed by atoms with Crippen molar-refractivity contribution >= 4 is 5.91 Å². The number of nitrogens with zero attached hydrogens (tertiary/aromatic N) is 3. The van der Waals surface area contributed by atoms with Gasteiger partial charge < -0.3 is 15.0 Å². The quantitative estimate of drug-likeness (QED) is 0.658. The Kier molecular flexibility index (Phi) is 5.54. The van der Waals surface area contributed by atoms with Crippen LogP contribution in [0.25, 0.3) is 11.6 Å². The molecule has 0 aliphatic rings. The van der Waals surface area contributed by atoms with Crippen molar-refractivity contribution in [1.82, 2.24) is 25.3 Å². The highest BCUT2D eigenvalue weighted by molar-refractivity contribution is 5.93. The molecule has 0 atom stereocenters. The molecular weight excluding hydrogens is 403 g/mol. The van der Waals surface area contributed by atoms with E-state index in [1.165, 1.54) is 24.5 Å². The van der Waals surface area contributed by atoms with Gasteiger partial charge in [-0.1, -0.05) is 12.1 Å². The lowest BCUT2D eigenvalue weighted by Crippen LogP contribution is -2.41. The number of H-pyrrole nitrogens is 1. The van der Waals surface area contributed by atoms with Crippen LogP contribution >= 0.6 is 0 Å². The molecule has 0 aliphatic heterocycles. The number of aromatic amines is 1. The molecule has 0 radical (unpaired) electrons. The van der Waals surface area contributed by atoms with Crippen LogP contribution in [0.5, 0.6) is 5.75 Å². The molecule has 0 unspecified atom stereocenters. The number of carbonyl (C=O) groups is 1. The molecule has 2 N–H and O–H groups in total. The summed E-state index contributed by atoms with van der Waals surface area (Å²) in [4.78, 5) is 39.1. The van der Waals surface area contributed by atoms with Gasteiger partial charge in [-0.2, -0.15) is 0 Å². The third kappa shape index (κ3) is 5.19. The van der Waals surface area contributed by atoms with Gasteiger partial charge in [0.25, 0.3) is 11.5 Å². The fraction of sp³-hybridized carbons (Fsp3) is 0.211. The smallest absolute Gasteiger partial charge is 0.406 e. The van der Waals surface area contributed by atoms with Crippen molar-refractivity contribution in [2.75, 3.05) is 0 Å². The van der Waals surface area contributed by atoms with Gasteiger partial charge in [-0.3, -0.25) is 9.59 Å². The minimum atomic E-state index is -4.79. The Bertz CT molecular complexity index is 1100. The zero-order valence-corrected chi connectivity index (χ0v) is 15.8. The summed E-state index contributed by atoms with van der Waals surface area (Å²) < 4.78 is 40.7.